The number of carbonyl (C=O) groups excluding carboxylic acids is 2. The van der Waals surface area contributed by atoms with E-state index in [4.69, 9.17) is 4.74 Å². The van der Waals surface area contributed by atoms with Gasteiger partial charge in [-0.3, -0.25) is 9.59 Å². The molecule has 0 spiro atoms. The quantitative estimate of drug-likeness (QED) is 0.625. The van der Waals surface area contributed by atoms with Gasteiger partial charge in [-0.1, -0.05) is 29.8 Å². The molecule has 3 N–H and O–H groups in total. The van der Waals surface area contributed by atoms with Gasteiger partial charge in [0.2, 0.25) is 5.91 Å². The summed E-state index contributed by atoms with van der Waals surface area (Å²) in [7, 11) is 1.58. The number of anilines is 2. The van der Waals surface area contributed by atoms with Crippen molar-refractivity contribution in [1.82, 2.24) is 5.32 Å². The van der Waals surface area contributed by atoms with Crippen molar-refractivity contribution in [3.8, 4) is 0 Å². The minimum atomic E-state index is -0.208. The van der Waals surface area contributed by atoms with Crippen molar-refractivity contribution in [3.63, 3.8) is 0 Å². The topological polar surface area (TPSA) is 79.5 Å². The molecule has 0 radical (unpaired) electrons. The highest BCUT2D eigenvalue weighted by molar-refractivity contribution is 6.01. The minimum absolute atomic E-state index is 0.0646. The Bertz CT molecular complexity index is 795. The van der Waals surface area contributed by atoms with Crippen LogP contribution in [0.2, 0.25) is 0 Å². The first-order chi connectivity index (χ1) is 12.9. The highest BCUT2D eigenvalue weighted by Crippen LogP contribution is 2.22. The van der Waals surface area contributed by atoms with Crippen LogP contribution in [-0.2, 0) is 9.53 Å². The highest BCUT2D eigenvalue weighted by atomic mass is 16.5. The number of nitrogens with one attached hydrogen (secondary N) is 3. The van der Waals surface area contributed by atoms with Crippen LogP contribution in [0.1, 0.15) is 27.0 Å². The molecule has 0 bridgehead atoms. The summed E-state index contributed by atoms with van der Waals surface area (Å²) in [5, 5.41) is 8.78. The molecule has 0 unspecified atom stereocenters. The zero-order valence-corrected chi connectivity index (χ0v) is 16.3. The number of amides is 2. The Labute approximate surface area is 160 Å². The lowest BCUT2D eigenvalue weighted by atomic mass is 10.1. The number of carbonyl (C=O) groups is 2. The lowest BCUT2D eigenvalue weighted by Crippen LogP contribution is -2.28. The third kappa shape index (κ3) is 5.82. The Morgan fingerprint density at radius 2 is 1.70 bits per heavy atom. The first-order valence-electron chi connectivity index (χ1n) is 8.90. The average molecular weight is 369 g/mol. The zero-order valence-electron chi connectivity index (χ0n) is 16.3. The molecule has 0 fully saturated rings. The third-order valence-corrected chi connectivity index (χ3v) is 4.14. The molecule has 0 heterocycles. The largest absolute Gasteiger partial charge is 0.383 e. The Kier molecular flexibility index (Phi) is 7.37. The van der Waals surface area contributed by atoms with Gasteiger partial charge in [0.15, 0.2) is 0 Å². The molecule has 0 saturated heterocycles. The summed E-state index contributed by atoms with van der Waals surface area (Å²) in [6.45, 7) is 6.91. The van der Waals surface area contributed by atoms with E-state index < -0.39 is 0 Å². The lowest BCUT2D eigenvalue weighted by molar-refractivity contribution is -0.114. The van der Waals surface area contributed by atoms with Gasteiger partial charge in [-0.05, 0) is 44.0 Å². The summed E-state index contributed by atoms with van der Waals surface area (Å²) in [5.41, 5.74) is 5.15. The number of methoxy groups -OCH3 is 1. The predicted molar refractivity (Wildman–Crippen MR) is 108 cm³/mol. The third-order valence-electron chi connectivity index (χ3n) is 4.14. The van der Waals surface area contributed by atoms with Crippen molar-refractivity contribution >= 4 is 23.2 Å². The van der Waals surface area contributed by atoms with E-state index in [0.717, 1.165) is 22.4 Å². The van der Waals surface area contributed by atoms with Crippen LogP contribution in [-0.4, -0.2) is 38.6 Å². The Hall–Kier alpha value is -2.86. The predicted octanol–water partition coefficient (Wildman–Crippen LogP) is 3.04. The fourth-order valence-electron chi connectivity index (χ4n) is 2.93. The SMILES string of the molecule is COCCNC(=O)c1ccccc1NCC(=O)Nc1c(C)cc(C)cc1C. The Balaban J connectivity index is 2.00. The van der Waals surface area contributed by atoms with E-state index in [1.165, 1.54) is 0 Å². The smallest absolute Gasteiger partial charge is 0.253 e. The van der Waals surface area contributed by atoms with Gasteiger partial charge in [-0.25, -0.2) is 0 Å². The second kappa shape index (κ2) is 9.73. The molecule has 0 aromatic heterocycles. The van der Waals surface area contributed by atoms with E-state index in [1.54, 1.807) is 25.3 Å². The minimum Gasteiger partial charge on any atom is -0.383 e. The number of hydrogen-bond donors (Lipinski definition) is 3. The van der Waals surface area contributed by atoms with Gasteiger partial charge in [0.05, 0.1) is 18.7 Å². The molecule has 0 atom stereocenters. The van der Waals surface area contributed by atoms with Crippen LogP contribution in [0.25, 0.3) is 0 Å². The van der Waals surface area contributed by atoms with Crippen LogP contribution in [0.15, 0.2) is 36.4 Å². The molecule has 27 heavy (non-hydrogen) atoms. The maximum Gasteiger partial charge on any atom is 0.253 e. The standard InChI is InChI=1S/C21H27N3O3/c1-14-11-15(2)20(16(3)12-14)24-19(25)13-23-18-8-6-5-7-17(18)21(26)22-9-10-27-4/h5-8,11-12,23H,9-10,13H2,1-4H3,(H,22,26)(H,24,25). The molecule has 2 rings (SSSR count). The molecule has 6 nitrogen and oxygen atoms in total. The van der Waals surface area contributed by atoms with Crippen molar-refractivity contribution in [2.24, 2.45) is 0 Å². The normalized spacial score (nSPS) is 10.4. The maximum absolute atomic E-state index is 12.4. The van der Waals surface area contributed by atoms with E-state index in [0.29, 0.717) is 24.4 Å². The van der Waals surface area contributed by atoms with Crippen molar-refractivity contribution in [2.45, 2.75) is 20.8 Å². The second-order valence-electron chi connectivity index (χ2n) is 6.47. The fraction of sp³-hybridized carbons (Fsp3) is 0.333. The molecule has 2 aromatic carbocycles. The van der Waals surface area contributed by atoms with E-state index in [1.807, 2.05) is 39.0 Å². The van der Waals surface area contributed by atoms with Crippen molar-refractivity contribution in [3.05, 3.63) is 58.7 Å². The molecule has 0 saturated carbocycles. The zero-order chi connectivity index (χ0) is 19.8. The summed E-state index contributed by atoms with van der Waals surface area (Å²) < 4.78 is 4.94. The van der Waals surface area contributed by atoms with Gasteiger partial charge in [-0.2, -0.15) is 0 Å². The van der Waals surface area contributed by atoms with Crippen molar-refractivity contribution in [1.29, 1.82) is 0 Å². The molecule has 2 amide bonds. The molecule has 0 aliphatic heterocycles. The summed E-state index contributed by atoms with van der Waals surface area (Å²) >= 11 is 0. The summed E-state index contributed by atoms with van der Waals surface area (Å²) in [5.74, 6) is -0.375. The molecular weight excluding hydrogens is 342 g/mol. The average Bonchev–Trinajstić information content (AvgIpc) is 2.63. The molecule has 144 valence electrons. The van der Waals surface area contributed by atoms with E-state index in [9.17, 15) is 9.59 Å². The Morgan fingerprint density at radius 3 is 2.37 bits per heavy atom. The molecular formula is C21H27N3O3. The molecule has 0 aliphatic carbocycles. The van der Waals surface area contributed by atoms with Crippen LogP contribution in [0, 0.1) is 20.8 Å². The van der Waals surface area contributed by atoms with Gasteiger partial charge in [0, 0.05) is 25.0 Å². The molecule has 0 aliphatic rings. The summed E-state index contributed by atoms with van der Waals surface area (Å²) in [6, 6.07) is 11.2. The van der Waals surface area contributed by atoms with E-state index in [2.05, 4.69) is 16.0 Å². The highest BCUT2D eigenvalue weighted by Gasteiger charge is 2.12. The Morgan fingerprint density at radius 1 is 1.04 bits per heavy atom. The number of benzene rings is 2. The van der Waals surface area contributed by atoms with Gasteiger partial charge in [-0.15, -0.1) is 0 Å². The van der Waals surface area contributed by atoms with Gasteiger partial charge >= 0.3 is 0 Å². The number of para-hydroxylation sites is 1. The van der Waals surface area contributed by atoms with E-state index in [-0.39, 0.29) is 18.4 Å². The monoisotopic (exact) mass is 369 g/mol. The van der Waals surface area contributed by atoms with Crippen LogP contribution >= 0.6 is 0 Å². The van der Waals surface area contributed by atoms with Crippen LogP contribution in [0.5, 0.6) is 0 Å². The van der Waals surface area contributed by atoms with Crippen LogP contribution < -0.4 is 16.0 Å². The lowest BCUT2D eigenvalue weighted by Gasteiger charge is -2.15. The van der Waals surface area contributed by atoms with Gasteiger partial charge in [0.25, 0.3) is 5.91 Å². The molecule has 6 heteroatoms. The number of rotatable bonds is 8. The fourth-order valence-corrected chi connectivity index (χ4v) is 2.93. The first kappa shape index (κ1) is 20.5. The maximum atomic E-state index is 12.4. The second-order valence-corrected chi connectivity index (χ2v) is 6.47. The van der Waals surface area contributed by atoms with Crippen LogP contribution in [0.4, 0.5) is 11.4 Å². The van der Waals surface area contributed by atoms with Gasteiger partial charge in [0.1, 0.15) is 0 Å². The van der Waals surface area contributed by atoms with Crippen molar-refractivity contribution < 1.29 is 14.3 Å². The molecule has 2 aromatic rings. The number of hydrogen-bond acceptors (Lipinski definition) is 4. The van der Waals surface area contributed by atoms with E-state index >= 15 is 0 Å². The van der Waals surface area contributed by atoms with Crippen molar-refractivity contribution in [2.75, 3.05) is 37.4 Å². The number of ether oxygens (including phenoxy) is 1. The first-order valence-corrected chi connectivity index (χ1v) is 8.90. The van der Waals surface area contributed by atoms with Crippen LogP contribution in [0.3, 0.4) is 0 Å². The summed E-state index contributed by atoms with van der Waals surface area (Å²) in [4.78, 5) is 24.7. The summed E-state index contributed by atoms with van der Waals surface area (Å²) in [6.07, 6.45) is 0. The van der Waals surface area contributed by atoms with Gasteiger partial charge < -0.3 is 20.7 Å². The number of aryl methyl sites for hydroxylation is 3.